The summed E-state index contributed by atoms with van der Waals surface area (Å²) in [5.74, 6) is -0.363. The van der Waals surface area contributed by atoms with E-state index in [1.165, 1.54) is 30.8 Å². The van der Waals surface area contributed by atoms with Crippen LogP contribution in [0.15, 0.2) is 29.2 Å². The Balaban J connectivity index is 2.20. The number of carbonyl (C=O) groups excluding carboxylic acids is 1. The molecular weight excluding hydrogens is 411 g/mol. The molecule has 0 amide bonds. The molecule has 1 atom stereocenters. The third kappa shape index (κ3) is 3.96. The molecule has 0 saturated carbocycles. The zero-order chi connectivity index (χ0) is 21.6. The van der Waals surface area contributed by atoms with Crippen LogP contribution < -0.4 is 4.90 Å². The van der Waals surface area contributed by atoms with Crippen LogP contribution in [0, 0.1) is 6.92 Å². The van der Waals surface area contributed by atoms with Gasteiger partial charge in [0.15, 0.2) is 15.7 Å². The minimum absolute atomic E-state index is 0.0619. The van der Waals surface area contributed by atoms with Gasteiger partial charge in [0.1, 0.15) is 10.9 Å². The first-order valence-electron chi connectivity index (χ1n) is 8.77. The fourth-order valence-electron chi connectivity index (χ4n) is 3.56. The molecule has 29 heavy (non-hydrogen) atoms. The van der Waals surface area contributed by atoms with Gasteiger partial charge < -0.3 is 9.64 Å². The van der Waals surface area contributed by atoms with Crippen molar-refractivity contribution in [3.63, 3.8) is 0 Å². The van der Waals surface area contributed by atoms with E-state index in [1.54, 1.807) is 4.90 Å². The van der Waals surface area contributed by atoms with Gasteiger partial charge in [0.05, 0.1) is 24.1 Å². The predicted octanol–water partition coefficient (Wildman–Crippen LogP) is 2.74. The number of hydrogen-bond acceptors (Lipinski definition) is 6. The maximum Gasteiger partial charge on any atom is 0.416 e. The number of anilines is 1. The van der Waals surface area contributed by atoms with Crippen LogP contribution in [0.25, 0.3) is 5.69 Å². The molecule has 0 aliphatic carbocycles. The SMILES string of the molecule is COC(=O)C1CCCN1c1c(S(C)(=O)=O)c(C)nn1-c1ccc(C(F)(F)F)cc1. The Hall–Kier alpha value is -2.56. The van der Waals surface area contributed by atoms with Gasteiger partial charge in [-0.2, -0.15) is 18.3 Å². The lowest BCUT2D eigenvalue weighted by Crippen LogP contribution is -2.38. The predicted molar refractivity (Wildman–Crippen MR) is 98.8 cm³/mol. The standard InChI is InChI=1S/C18H20F3N3O4S/c1-11-15(29(3,26)27)16(23-10-4-5-14(23)17(25)28-2)24(22-11)13-8-6-12(7-9-13)18(19,20)21/h6-9,14H,4-5,10H2,1-3H3. The molecular formula is C18H20F3N3O4S. The van der Waals surface area contributed by atoms with Crippen molar-refractivity contribution >= 4 is 21.6 Å². The van der Waals surface area contributed by atoms with Gasteiger partial charge >= 0.3 is 12.1 Å². The summed E-state index contributed by atoms with van der Waals surface area (Å²) in [6, 6.07) is 3.53. The molecule has 158 valence electrons. The van der Waals surface area contributed by atoms with Crippen molar-refractivity contribution in [2.45, 2.75) is 36.9 Å². The number of sulfone groups is 1. The first-order chi connectivity index (χ1) is 13.4. The Morgan fingerprint density at radius 2 is 1.86 bits per heavy atom. The maximum absolute atomic E-state index is 12.9. The number of aryl methyl sites for hydroxylation is 1. The Bertz CT molecular complexity index is 1030. The number of rotatable bonds is 4. The summed E-state index contributed by atoms with van der Waals surface area (Å²) < 4.78 is 69.7. The zero-order valence-electron chi connectivity index (χ0n) is 16.0. The van der Waals surface area contributed by atoms with Crippen molar-refractivity contribution < 1.29 is 31.1 Å². The van der Waals surface area contributed by atoms with Crippen LogP contribution in [0.3, 0.4) is 0 Å². The molecule has 1 fully saturated rings. The lowest BCUT2D eigenvalue weighted by atomic mass is 10.2. The van der Waals surface area contributed by atoms with Gasteiger partial charge in [-0.3, -0.25) is 0 Å². The summed E-state index contributed by atoms with van der Waals surface area (Å²) in [6.07, 6.45) is -2.38. The molecule has 2 heterocycles. The van der Waals surface area contributed by atoms with Crippen molar-refractivity contribution in [3.8, 4) is 5.69 Å². The molecule has 1 aliphatic heterocycles. The first kappa shape index (κ1) is 21.2. The number of ether oxygens (including phenoxy) is 1. The third-order valence-corrected chi connectivity index (χ3v) is 6.01. The van der Waals surface area contributed by atoms with E-state index in [0.717, 1.165) is 18.4 Å². The minimum Gasteiger partial charge on any atom is -0.467 e. The topological polar surface area (TPSA) is 81.5 Å². The molecule has 2 aromatic rings. The van der Waals surface area contributed by atoms with Crippen LogP contribution in [0.5, 0.6) is 0 Å². The van der Waals surface area contributed by atoms with Gasteiger partial charge in [-0.05, 0) is 44.0 Å². The second-order valence-corrected chi connectivity index (χ2v) is 8.79. The van der Waals surface area contributed by atoms with E-state index in [2.05, 4.69) is 5.10 Å². The lowest BCUT2D eigenvalue weighted by Gasteiger charge is -2.26. The normalized spacial score (nSPS) is 17.6. The molecule has 1 saturated heterocycles. The maximum atomic E-state index is 12.9. The fraction of sp³-hybridized carbons (Fsp3) is 0.444. The zero-order valence-corrected chi connectivity index (χ0v) is 16.8. The number of carbonyl (C=O) groups is 1. The van der Waals surface area contributed by atoms with Crippen molar-refractivity contribution in [1.82, 2.24) is 9.78 Å². The lowest BCUT2D eigenvalue weighted by molar-refractivity contribution is -0.142. The Morgan fingerprint density at radius 1 is 1.24 bits per heavy atom. The minimum atomic E-state index is -4.50. The highest BCUT2D eigenvalue weighted by Crippen LogP contribution is 2.37. The van der Waals surface area contributed by atoms with E-state index in [0.29, 0.717) is 19.4 Å². The first-order valence-corrected chi connectivity index (χ1v) is 10.7. The molecule has 0 N–H and O–H groups in total. The summed E-state index contributed by atoms with van der Waals surface area (Å²) in [6.45, 7) is 1.89. The molecule has 7 nitrogen and oxygen atoms in total. The molecule has 1 aliphatic rings. The molecule has 11 heteroatoms. The van der Waals surface area contributed by atoms with E-state index in [4.69, 9.17) is 4.74 Å². The van der Waals surface area contributed by atoms with Crippen LogP contribution in [-0.4, -0.2) is 50.1 Å². The van der Waals surface area contributed by atoms with Gasteiger partial charge in [0.2, 0.25) is 0 Å². The Labute approximate surface area is 166 Å². The number of hydrogen-bond donors (Lipinski definition) is 0. The summed E-state index contributed by atoms with van der Waals surface area (Å²) in [4.78, 5) is 13.7. The second-order valence-electron chi connectivity index (χ2n) is 6.84. The molecule has 3 rings (SSSR count). The van der Waals surface area contributed by atoms with Crippen LogP contribution in [0.1, 0.15) is 24.1 Å². The molecule has 1 unspecified atom stereocenters. The van der Waals surface area contributed by atoms with Gasteiger partial charge in [-0.15, -0.1) is 0 Å². The van der Waals surface area contributed by atoms with Crippen molar-refractivity contribution in [3.05, 3.63) is 35.5 Å². The molecule has 1 aromatic heterocycles. The number of alkyl halides is 3. The van der Waals surface area contributed by atoms with Crippen LogP contribution in [0.4, 0.5) is 19.0 Å². The quantitative estimate of drug-likeness (QED) is 0.693. The molecule has 0 radical (unpaired) electrons. The number of methoxy groups -OCH3 is 1. The highest BCUT2D eigenvalue weighted by Gasteiger charge is 2.38. The number of aromatic nitrogens is 2. The summed E-state index contributed by atoms with van der Waals surface area (Å²) in [5, 5.41) is 4.27. The van der Waals surface area contributed by atoms with E-state index < -0.39 is 33.6 Å². The van der Waals surface area contributed by atoms with E-state index >= 15 is 0 Å². The van der Waals surface area contributed by atoms with Crippen molar-refractivity contribution in [2.75, 3.05) is 24.8 Å². The summed E-state index contributed by atoms with van der Waals surface area (Å²) in [5.41, 5.74) is -0.386. The molecule has 0 bridgehead atoms. The third-order valence-electron chi connectivity index (χ3n) is 4.79. The van der Waals surface area contributed by atoms with E-state index in [-0.39, 0.29) is 22.1 Å². The fourth-order valence-corrected chi connectivity index (χ4v) is 4.67. The van der Waals surface area contributed by atoms with Gasteiger partial charge in [0, 0.05) is 12.8 Å². The van der Waals surface area contributed by atoms with Gasteiger partial charge in [-0.1, -0.05) is 0 Å². The number of halogens is 3. The molecule has 0 spiro atoms. The number of esters is 1. The van der Waals surface area contributed by atoms with Crippen LogP contribution in [0.2, 0.25) is 0 Å². The van der Waals surface area contributed by atoms with Crippen LogP contribution in [-0.2, 0) is 25.5 Å². The van der Waals surface area contributed by atoms with Crippen molar-refractivity contribution in [1.29, 1.82) is 0 Å². The van der Waals surface area contributed by atoms with Gasteiger partial charge in [-0.25, -0.2) is 17.9 Å². The Morgan fingerprint density at radius 3 is 2.38 bits per heavy atom. The van der Waals surface area contributed by atoms with E-state index in [9.17, 15) is 26.4 Å². The molecule has 1 aromatic carbocycles. The van der Waals surface area contributed by atoms with E-state index in [1.807, 2.05) is 0 Å². The van der Waals surface area contributed by atoms with Crippen molar-refractivity contribution in [2.24, 2.45) is 0 Å². The highest BCUT2D eigenvalue weighted by molar-refractivity contribution is 7.91. The average molecular weight is 431 g/mol. The monoisotopic (exact) mass is 431 g/mol. The highest BCUT2D eigenvalue weighted by atomic mass is 32.2. The Kier molecular flexibility index (Phi) is 5.37. The second kappa shape index (κ2) is 7.36. The summed E-state index contributed by atoms with van der Waals surface area (Å²) >= 11 is 0. The van der Waals surface area contributed by atoms with Crippen LogP contribution >= 0.6 is 0 Å². The summed E-state index contributed by atoms with van der Waals surface area (Å²) in [7, 11) is -2.49. The van der Waals surface area contributed by atoms with Gasteiger partial charge in [0.25, 0.3) is 0 Å². The smallest absolute Gasteiger partial charge is 0.416 e. The number of nitrogens with zero attached hydrogens (tertiary/aromatic N) is 3. The number of benzene rings is 1. The average Bonchev–Trinajstić information content (AvgIpc) is 3.24. The largest absolute Gasteiger partial charge is 0.467 e.